The molecule has 0 aliphatic carbocycles. The summed E-state index contributed by atoms with van der Waals surface area (Å²) in [6.45, 7) is 6.34. The molecule has 1 radical (unpaired) electrons. The van der Waals surface area contributed by atoms with Crippen LogP contribution < -0.4 is 53.7 Å². The second-order valence-electron chi connectivity index (χ2n) is 20.1. The van der Waals surface area contributed by atoms with Crippen LogP contribution in [0.2, 0.25) is 0 Å². The monoisotopic (exact) mass is 1200 g/mol. The van der Waals surface area contributed by atoms with Crippen molar-refractivity contribution in [2.75, 3.05) is 24.7 Å². The molecular weight excluding hydrogens is 1130 g/mol. The first kappa shape index (κ1) is 59.6. The smallest absolute Gasteiger partial charge is 0.159 e. The van der Waals surface area contributed by atoms with Crippen LogP contribution in [0.25, 0.3) is 6.08 Å². The Morgan fingerprint density at radius 3 is 0.725 bits per heavy atom. The number of hydrogen-bond acceptors (Lipinski definition) is 0. The first-order valence-electron chi connectivity index (χ1n) is 27.3. The summed E-state index contributed by atoms with van der Waals surface area (Å²) in [5.41, 5.74) is 6.67. The molecule has 80 heavy (non-hydrogen) atoms. The summed E-state index contributed by atoms with van der Waals surface area (Å²) in [6.07, 6.45) is 6.25. The van der Waals surface area contributed by atoms with Crippen molar-refractivity contribution in [2.45, 2.75) is 11.8 Å². The van der Waals surface area contributed by atoms with E-state index < -0.39 is 29.9 Å². The van der Waals surface area contributed by atoms with Crippen molar-refractivity contribution in [3.63, 3.8) is 0 Å². The molecule has 0 aliphatic rings. The predicted molar refractivity (Wildman–Crippen MR) is 359 cm³/mol. The molecular formula is C74H70BP3RhS. The van der Waals surface area contributed by atoms with E-state index in [1.807, 2.05) is 12.1 Å². The molecule has 0 saturated carbocycles. The van der Waals surface area contributed by atoms with Gasteiger partial charge >= 0.3 is 0 Å². The fourth-order valence-electron chi connectivity index (χ4n) is 10.9. The maximum Gasteiger partial charge on any atom is 0.159 e. The molecule has 0 atom stereocenters. The number of thiol groups is 1. The molecule has 399 valence electrons. The zero-order valence-corrected chi connectivity index (χ0v) is 51.0. The zero-order valence-electron chi connectivity index (χ0n) is 45.8. The molecule has 0 bridgehead atoms. The van der Waals surface area contributed by atoms with Crippen LogP contribution in [0.5, 0.6) is 0 Å². The van der Waals surface area contributed by atoms with Gasteiger partial charge in [-0.05, 0) is 91.6 Å². The topological polar surface area (TPSA) is 0 Å². The van der Waals surface area contributed by atoms with E-state index in [9.17, 15) is 0 Å². The van der Waals surface area contributed by atoms with Crippen LogP contribution in [0, 0.1) is 5.41 Å². The molecule has 0 fully saturated rings. The third-order valence-electron chi connectivity index (χ3n) is 14.6. The molecule has 0 aliphatic heterocycles. The maximum atomic E-state index is 3.74. The van der Waals surface area contributed by atoms with Crippen LogP contribution in [0.1, 0.15) is 12.5 Å². The molecule has 0 amide bonds. The first-order valence-corrected chi connectivity index (χ1v) is 33.2. The van der Waals surface area contributed by atoms with Crippen molar-refractivity contribution < 1.29 is 19.5 Å². The van der Waals surface area contributed by atoms with Gasteiger partial charge in [0.15, 0.2) is 4.90 Å². The molecule has 0 saturated heterocycles. The maximum absolute atomic E-state index is 3.74. The molecule has 0 unspecified atom stereocenters. The predicted octanol–water partition coefficient (Wildman–Crippen LogP) is 13.6. The Bertz CT molecular complexity index is 2990. The van der Waals surface area contributed by atoms with E-state index in [1.165, 1.54) is 75.9 Å². The van der Waals surface area contributed by atoms with Crippen molar-refractivity contribution in [3.8, 4) is 0 Å². The third-order valence-corrected chi connectivity index (χ3v) is 24.3. The van der Waals surface area contributed by atoms with Crippen LogP contribution in [0.15, 0.2) is 339 Å². The van der Waals surface area contributed by atoms with Gasteiger partial charge in [-0.1, -0.05) is 335 Å². The van der Waals surface area contributed by atoms with Crippen LogP contribution in [-0.2, 0) is 31.2 Å². The molecule has 0 nitrogen and oxygen atoms in total. The third kappa shape index (κ3) is 15.5. The standard InChI is InChI=1S/C41H39P3.C24H20B.C9H10S.Rh/c1-41(32-42(35-20-8-2-9-21-35)36-22-10-3-11-23-36,33-43(37-24-12-4-13-25-37)38-26-14-5-15-27-38)34-44(39-28-16-6-17-29-39)40-30-18-7-19-31-40;1-5-13-21(14-6-1)25(22-15-7-2-8-16-22,23-17-9-3-10-18-23)24-19-11-4-12-20-24;1-3-8-6-4-5-7-9(8)10-2;/h2-31H,32-34H2,1H3;1-20H;3-7H,1H2,2H3;/q;-1;;/p+1. The Hall–Kier alpha value is -6.51. The number of benzene rings is 11. The molecule has 11 rings (SSSR count). The second kappa shape index (κ2) is 30.9. The summed E-state index contributed by atoms with van der Waals surface area (Å²) in [5.74, 6) is 0. The molecule has 6 heteroatoms. The minimum absolute atomic E-state index is 0. The van der Waals surface area contributed by atoms with E-state index in [0.29, 0.717) is 0 Å². The van der Waals surface area contributed by atoms with E-state index in [0.717, 1.165) is 18.5 Å². The van der Waals surface area contributed by atoms with E-state index >= 15 is 0 Å². The van der Waals surface area contributed by atoms with Gasteiger partial charge in [0, 0.05) is 36.8 Å². The van der Waals surface area contributed by atoms with Gasteiger partial charge < -0.3 is 0 Å². The quantitative estimate of drug-likeness (QED) is 0.0348. The second-order valence-corrected chi connectivity index (χ2v) is 27.6. The molecule has 0 N–H and O–H groups in total. The summed E-state index contributed by atoms with van der Waals surface area (Å²) in [4.78, 5) is 1.34. The average molecular weight is 1200 g/mol. The van der Waals surface area contributed by atoms with Crippen molar-refractivity contribution in [2.24, 2.45) is 5.41 Å². The zero-order chi connectivity index (χ0) is 54.4. The molecule has 0 heterocycles. The summed E-state index contributed by atoms with van der Waals surface area (Å²) in [5, 5.41) is 8.79. The fraction of sp³-hybridized carbons (Fsp3) is 0.0811. The molecule has 11 aromatic carbocycles. The van der Waals surface area contributed by atoms with Crippen molar-refractivity contribution in [3.05, 3.63) is 340 Å². The van der Waals surface area contributed by atoms with E-state index in [2.05, 4.69) is 341 Å². The van der Waals surface area contributed by atoms with Gasteiger partial charge in [0.2, 0.25) is 0 Å². The SMILES string of the molecule is C=Cc1ccccc1[SH+]C.CC(CP(c1ccccc1)c1ccccc1)(CP(c1ccccc1)c1ccccc1)CP(c1ccccc1)c1ccccc1.[Rh].c1ccc([B-](c2ccccc2)(c2ccccc2)c2ccccc2)cc1. The first-order chi connectivity index (χ1) is 39.0. The number of hydrogen-bond donors (Lipinski definition) is 0. The molecule has 11 aromatic rings. The minimum atomic E-state index is -1.22. The minimum Gasteiger partial charge on any atom is -0.195 e. The van der Waals surface area contributed by atoms with Gasteiger partial charge in [-0.2, -0.15) is 21.9 Å². The Morgan fingerprint density at radius 2 is 0.525 bits per heavy atom. The van der Waals surface area contributed by atoms with E-state index in [4.69, 9.17) is 0 Å². The van der Waals surface area contributed by atoms with Crippen LogP contribution in [0.4, 0.5) is 0 Å². The van der Waals surface area contributed by atoms with Crippen LogP contribution >= 0.6 is 23.8 Å². The summed E-state index contributed by atoms with van der Waals surface area (Å²) < 4.78 is 0. The largest absolute Gasteiger partial charge is 0.195 e. The van der Waals surface area contributed by atoms with Gasteiger partial charge in [0.25, 0.3) is 0 Å². The summed E-state index contributed by atoms with van der Waals surface area (Å²) >= 11 is 1.31. The van der Waals surface area contributed by atoms with Crippen molar-refractivity contribution in [1.82, 2.24) is 0 Å². The Balaban J connectivity index is 0.000000195. The van der Waals surface area contributed by atoms with Crippen molar-refractivity contribution >= 4 is 101 Å². The Labute approximate surface area is 498 Å². The van der Waals surface area contributed by atoms with Gasteiger partial charge in [0.05, 0.1) is 0 Å². The van der Waals surface area contributed by atoms with Crippen molar-refractivity contribution in [1.29, 1.82) is 0 Å². The van der Waals surface area contributed by atoms with Gasteiger partial charge in [-0.15, -0.1) is 0 Å². The van der Waals surface area contributed by atoms with E-state index in [-0.39, 0.29) is 24.9 Å². The van der Waals surface area contributed by atoms with E-state index in [1.54, 1.807) is 0 Å². The average Bonchev–Trinajstić information content (AvgIpc) is 3.56. The van der Waals surface area contributed by atoms with Gasteiger partial charge in [-0.25, -0.2) is 0 Å². The van der Waals surface area contributed by atoms with Gasteiger partial charge in [0.1, 0.15) is 12.4 Å². The van der Waals surface area contributed by atoms with Crippen LogP contribution in [0.3, 0.4) is 0 Å². The summed E-state index contributed by atoms with van der Waals surface area (Å²) in [6, 6.07) is 120. The number of rotatable bonds is 18. The molecule has 0 aromatic heterocycles. The Kier molecular flexibility index (Phi) is 23.0. The molecule has 0 spiro atoms. The Morgan fingerprint density at radius 1 is 0.325 bits per heavy atom. The summed E-state index contributed by atoms with van der Waals surface area (Å²) in [7, 11) is -1.66. The normalized spacial score (nSPS) is 11.1. The van der Waals surface area contributed by atoms with Gasteiger partial charge in [-0.3, -0.25) is 0 Å². The fourth-order valence-corrected chi connectivity index (χ4v) is 20.3. The van der Waals surface area contributed by atoms with Crippen LogP contribution in [-0.4, -0.2) is 30.9 Å².